The molecular weight excluding hydrogens is 256 g/mol. The molecule has 5 heteroatoms. The molecule has 0 bridgehead atoms. The Hall–Kier alpha value is -1.20. The van der Waals surface area contributed by atoms with E-state index in [1.165, 1.54) is 0 Å². The predicted octanol–water partition coefficient (Wildman–Crippen LogP) is 2.05. The van der Waals surface area contributed by atoms with Crippen LogP contribution in [0, 0.1) is 0 Å². The summed E-state index contributed by atoms with van der Waals surface area (Å²) in [6.45, 7) is 1.88. The average Bonchev–Trinajstić information content (AvgIpc) is 2.66. The first-order chi connectivity index (χ1) is 7.16. The lowest BCUT2D eigenvalue weighted by Crippen LogP contribution is -2.04. The van der Waals surface area contributed by atoms with E-state index >= 15 is 0 Å². The largest absolute Gasteiger partial charge is 0.323 e. The Balaban J connectivity index is 2.37. The molecule has 2 rings (SSSR count). The summed E-state index contributed by atoms with van der Waals surface area (Å²) in [4.78, 5) is 0. The number of rotatable bonds is 2. The van der Waals surface area contributed by atoms with Gasteiger partial charge in [0.05, 0.1) is 17.6 Å². The normalized spacial score (nSPS) is 12.7. The van der Waals surface area contributed by atoms with E-state index in [9.17, 15) is 0 Å². The fraction of sp³-hybridized carbons (Fsp3) is 0.200. The number of benzene rings is 1. The molecule has 1 aromatic carbocycles. The van der Waals surface area contributed by atoms with E-state index in [1.54, 1.807) is 4.68 Å². The third-order valence-corrected chi connectivity index (χ3v) is 2.54. The van der Waals surface area contributed by atoms with E-state index in [0.717, 1.165) is 15.9 Å². The molecule has 15 heavy (non-hydrogen) atoms. The highest BCUT2D eigenvalue weighted by Crippen LogP contribution is 2.15. The minimum absolute atomic E-state index is 0.0918. The molecule has 0 aliphatic carbocycles. The van der Waals surface area contributed by atoms with Crippen LogP contribution in [0.2, 0.25) is 0 Å². The number of hydrogen-bond acceptors (Lipinski definition) is 3. The minimum atomic E-state index is -0.0918. The third-order valence-electron chi connectivity index (χ3n) is 2.05. The Labute approximate surface area is 96.2 Å². The van der Waals surface area contributed by atoms with Gasteiger partial charge < -0.3 is 5.73 Å². The van der Waals surface area contributed by atoms with Crippen LogP contribution in [0.5, 0.6) is 0 Å². The van der Waals surface area contributed by atoms with Gasteiger partial charge in [-0.2, -0.15) is 0 Å². The highest BCUT2D eigenvalue weighted by molar-refractivity contribution is 9.10. The van der Waals surface area contributed by atoms with Gasteiger partial charge in [-0.05, 0) is 25.1 Å². The predicted molar refractivity (Wildman–Crippen MR) is 61.7 cm³/mol. The second-order valence-electron chi connectivity index (χ2n) is 3.36. The molecule has 0 saturated carbocycles. The number of halogens is 1. The maximum atomic E-state index is 5.71. The van der Waals surface area contributed by atoms with Crippen molar-refractivity contribution in [3.8, 4) is 5.69 Å². The summed E-state index contributed by atoms with van der Waals surface area (Å²) in [7, 11) is 0. The molecule has 0 aliphatic rings. The van der Waals surface area contributed by atoms with E-state index in [4.69, 9.17) is 5.73 Å². The summed E-state index contributed by atoms with van der Waals surface area (Å²) >= 11 is 3.41. The Morgan fingerprint density at radius 3 is 2.87 bits per heavy atom. The van der Waals surface area contributed by atoms with Crippen molar-refractivity contribution in [1.82, 2.24) is 15.0 Å². The van der Waals surface area contributed by atoms with Crippen LogP contribution in [0.15, 0.2) is 34.9 Å². The number of nitrogens with zero attached hydrogens (tertiary/aromatic N) is 3. The van der Waals surface area contributed by atoms with Gasteiger partial charge in [0.25, 0.3) is 0 Å². The standard InChI is InChI=1S/C10H11BrN4/c1-7(12)10-6-15(14-13-10)9-4-2-3-8(11)5-9/h2-7H,12H2,1H3. The maximum absolute atomic E-state index is 5.71. The number of hydrogen-bond donors (Lipinski definition) is 1. The van der Waals surface area contributed by atoms with Gasteiger partial charge in [-0.3, -0.25) is 0 Å². The molecule has 0 fully saturated rings. The van der Waals surface area contributed by atoms with Crippen LogP contribution in [-0.4, -0.2) is 15.0 Å². The van der Waals surface area contributed by atoms with Gasteiger partial charge in [-0.15, -0.1) is 5.10 Å². The minimum Gasteiger partial charge on any atom is -0.323 e. The van der Waals surface area contributed by atoms with Crippen molar-refractivity contribution in [2.75, 3.05) is 0 Å². The fourth-order valence-electron chi connectivity index (χ4n) is 1.23. The van der Waals surface area contributed by atoms with Crippen LogP contribution < -0.4 is 5.73 Å². The van der Waals surface area contributed by atoms with Crippen LogP contribution in [-0.2, 0) is 0 Å². The lowest BCUT2D eigenvalue weighted by molar-refractivity contribution is 0.756. The number of nitrogens with two attached hydrogens (primary N) is 1. The van der Waals surface area contributed by atoms with Gasteiger partial charge in [-0.25, -0.2) is 4.68 Å². The molecule has 4 nitrogen and oxygen atoms in total. The van der Waals surface area contributed by atoms with Gasteiger partial charge in [0.2, 0.25) is 0 Å². The Bertz CT molecular complexity index is 464. The zero-order valence-corrected chi connectivity index (χ0v) is 9.85. The third kappa shape index (κ3) is 2.24. The van der Waals surface area contributed by atoms with Crippen molar-refractivity contribution in [2.24, 2.45) is 5.73 Å². The monoisotopic (exact) mass is 266 g/mol. The quantitative estimate of drug-likeness (QED) is 0.905. The molecule has 2 aromatic rings. The van der Waals surface area contributed by atoms with Gasteiger partial charge >= 0.3 is 0 Å². The molecule has 0 amide bonds. The SMILES string of the molecule is CC(N)c1cn(-c2cccc(Br)c2)nn1. The lowest BCUT2D eigenvalue weighted by atomic mass is 10.3. The van der Waals surface area contributed by atoms with Crippen molar-refractivity contribution in [3.63, 3.8) is 0 Å². The topological polar surface area (TPSA) is 56.7 Å². The molecule has 0 saturated heterocycles. The highest BCUT2D eigenvalue weighted by Gasteiger charge is 2.06. The van der Waals surface area contributed by atoms with Crippen LogP contribution in [0.3, 0.4) is 0 Å². The first-order valence-corrected chi connectivity index (χ1v) is 5.40. The van der Waals surface area contributed by atoms with Gasteiger partial charge in [0, 0.05) is 10.5 Å². The summed E-state index contributed by atoms with van der Waals surface area (Å²) in [5.41, 5.74) is 7.46. The molecule has 0 radical (unpaired) electrons. The number of aromatic nitrogens is 3. The summed E-state index contributed by atoms with van der Waals surface area (Å²) in [6, 6.07) is 7.76. The summed E-state index contributed by atoms with van der Waals surface area (Å²) < 4.78 is 2.72. The molecule has 2 N–H and O–H groups in total. The van der Waals surface area contributed by atoms with E-state index in [1.807, 2.05) is 37.4 Å². The Kier molecular flexibility index (Phi) is 2.83. The van der Waals surface area contributed by atoms with Crippen LogP contribution in [0.25, 0.3) is 5.69 Å². The molecule has 1 aromatic heterocycles. The van der Waals surface area contributed by atoms with Crippen LogP contribution >= 0.6 is 15.9 Å². The molecular formula is C10H11BrN4. The van der Waals surface area contributed by atoms with Gasteiger partial charge in [0.1, 0.15) is 0 Å². The van der Waals surface area contributed by atoms with Gasteiger partial charge in [0.15, 0.2) is 0 Å². The lowest BCUT2D eigenvalue weighted by Gasteiger charge is -2.00. The summed E-state index contributed by atoms with van der Waals surface area (Å²) in [6.07, 6.45) is 1.84. The molecule has 1 unspecified atom stereocenters. The molecule has 78 valence electrons. The van der Waals surface area contributed by atoms with E-state index in [0.29, 0.717) is 0 Å². The average molecular weight is 267 g/mol. The van der Waals surface area contributed by atoms with Crippen LogP contribution in [0.4, 0.5) is 0 Å². The van der Waals surface area contributed by atoms with Gasteiger partial charge in [-0.1, -0.05) is 27.2 Å². The first kappa shape index (κ1) is 10.3. The van der Waals surface area contributed by atoms with E-state index in [2.05, 4.69) is 26.2 Å². The summed E-state index contributed by atoms with van der Waals surface area (Å²) in [5.74, 6) is 0. The van der Waals surface area contributed by atoms with Crippen molar-refractivity contribution in [3.05, 3.63) is 40.6 Å². The zero-order valence-electron chi connectivity index (χ0n) is 8.26. The van der Waals surface area contributed by atoms with Crippen LogP contribution in [0.1, 0.15) is 18.7 Å². The highest BCUT2D eigenvalue weighted by atomic mass is 79.9. The van der Waals surface area contributed by atoms with Crippen molar-refractivity contribution < 1.29 is 0 Å². The second-order valence-corrected chi connectivity index (χ2v) is 4.27. The molecule has 1 atom stereocenters. The maximum Gasteiger partial charge on any atom is 0.0995 e. The smallest absolute Gasteiger partial charge is 0.0995 e. The van der Waals surface area contributed by atoms with Crippen molar-refractivity contribution in [1.29, 1.82) is 0 Å². The molecule has 0 aliphatic heterocycles. The first-order valence-electron chi connectivity index (χ1n) is 4.60. The van der Waals surface area contributed by atoms with E-state index in [-0.39, 0.29) is 6.04 Å². The fourth-order valence-corrected chi connectivity index (χ4v) is 1.62. The zero-order chi connectivity index (χ0) is 10.8. The van der Waals surface area contributed by atoms with Crippen molar-refractivity contribution >= 4 is 15.9 Å². The molecule has 0 spiro atoms. The second kappa shape index (κ2) is 4.12. The van der Waals surface area contributed by atoms with E-state index < -0.39 is 0 Å². The van der Waals surface area contributed by atoms with Crippen molar-refractivity contribution in [2.45, 2.75) is 13.0 Å². The molecule has 1 heterocycles. The Morgan fingerprint density at radius 2 is 2.27 bits per heavy atom. The summed E-state index contributed by atoms with van der Waals surface area (Å²) in [5, 5.41) is 8.01. The Morgan fingerprint density at radius 1 is 1.47 bits per heavy atom.